The maximum atomic E-state index is 10.0. The summed E-state index contributed by atoms with van der Waals surface area (Å²) in [4.78, 5) is 0. The molecule has 1 heterocycles. The van der Waals surface area contributed by atoms with E-state index in [1.165, 1.54) is 5.54 Å². The molecule has 0 unspecified atom stereocenters. The van der Waals surface area contributed by atoms with E-state index < -0.39 is 5.60 Å². The van der Waals surface area contributed by atoms with E-state index >= 15 is 0 Å². The lowest BCUT2D eigenvalue weighted by Crippen LogP contribution is -2.45. The van der Waals surface area contributed by atoms with Crippen molar-refractivity contribution in [1.29, 1.82) is 0 Å². The van der Waals surface area contributed by atoms with Crippen molar-refractivity contribution in [2.75, 3.05) is 26.3 Å². The highest BCUT2D eigenvalue weighted by molar-refractivity contribution is 6.36. The molecular weight excluding hydrogens is 225 g/mol. The maximum Gasteiger partial charge on any atom is 0.0815 e. The minimum atomic E-state index is -0.651. The smallest absolute Gasteiger partial charge is 0.0815 e. The second kappa shape index (κ2) is 5.93. The predicted molar refractivity (Wildman–Crippen MR) is 57.7 cm³/mol. The van der Waals surface area contributed by atoms with E-state index in [0.717, 1.165) is 0 Å². The van der Waals surface area contributed by atoms with Crippen LogP contribution in [0.4, 0.5) is 0 Å². The van der Waals surface area contributed by atoms with Crippen molar-refractivity contribution in [2.45, 2.75) is 18.4 Å². The van der Waals surface area contributed by atoms with Gasteiger partial charge in [-0.2, -0.15) is 0 Å². The second-order valence-electron chi connectivity index (χ2n) is 3.50. The lowest BCUT2D eigenvalue weighted by Gasteiger charge is -2.32. The van der Waals surface area contributed by atoms with Gasteiger partial charge in [-0.3, -0.25) is 0 Å². The largest absolute Gasteiger partial charge is 0.388 e. The number of nitrogens with one attached hydrogen (secondary N) is 1. The van der Waals surface area contributed by atoms with Crippen LogP contribution >= 0.6 is 23.2 Å². The van der Waals surface area contributed by atoms with Gasteiger partial charge in [0.25, 0.3) is 0 Å². The Balaban J connectivity index is 2.22. The third-order valence-electron chi connectivity index (χ3n) is 2.29. The molecule has 0 spiro atoms. The van der Waals surface area contributed by atoms with Gasteiger partial charge in [0.15, 0.2) is 0 Å². The van der Waals surface area contributed by atoms with E-state index in [4.69, 9.17) is 27.9 Å². The maximum absolute atomic E-state index is 10.0. The highest BCUT2D eigenvalue weighted by Gasteiger charge is 2.28. The van der Waals surface area contributed by atoms with E-state index in [9.17, 15) is 5.11 Å². The molecule has 0 aliphatic carbocycles. The first kappa shape index (κ1) is 12.3. The molecule has 1 aliphatic rings. The Bertz CT molecular complexity index is 203. The fourth-order valence-electron chi connectivity index (χ4n) is 1.38. The van der Waals surface area contributed by atoms with Gasteiger partial charge in [0.05, 0.1) is 5.60 Å². The van der Waals surface area contributed by atoms with Crippen LogP contribution in [0.2, 0.25) is 0 Å². The third-order valence-corrected chi connectivity index (χ3v) is 2.91. The fourth-order valence-corrected chi connectivity index (χ4v) is 1.55. The summed E-state index contributed by atoms with van der Waals surface area (Å²) in [5, 5.41) is 13.6. The zero-order chi connectivity index (χ0) is 10.4. The van der Waals surface area contributed by atoms with Gasteiger partial charge in [0.2, 0.25) is 0 Å². The molecule has 0 radical (unpaired) electrons. The Hall–Kier alpha value is 0.200. The van der Waals surface area contributed by atoms with Crippen LogP contribution in [0.3, 0.4) is 0 Å². The molecule has 1 aliphatic heterocycles. The molecule has 5 heteroatoms. The Morgan fingerprint density at radius 2 is 2.14 bits per heavy atom. The number of hydrogen-bond donors (Lipinski definition) is 2. The van der Waals surface area contributed by atoms with Crippen molar-refractivity contribution in [3.63, 3.8) is 0 Å². The Morgan fingerprint density at radius 3 is 2.71 bits per heavy atom. The molecule has 0 amide bonds. The Labute approximate surface area is 94.0 Å². The molecule has 1 saturated heterocycles. The standard InChI is InChI=1S/C9H15Cl2NO2/c10-5-8(11)6-12-7-9(13)1-3-14-4-2-9/h5,12-13H,1-4,6-7H2. The molecule has 1 fully saturated rings. The number of ether oxygens (including phenoxy) is 1. The van der Waals surface area contributed by atoms with Gasteiger partial charge in [-0.1, -0.05) is 23.2 Å². The van der Waals surface area contributed by atoms with Crippen molar-refractivity contribution >= 4 is 23.2 Å². The minimum absolute atomic E-state index is 0.494. The van der Waals surface area contributed by atoms with Crippen LogP contribution in [-0.2, 0) is 4.74 Å². The van der Waals surface area contributed by atoms with Crippen LogP contribution in [0.15, 0.2) is 10.6 Å². The van der Waals surface area contributed by atoms with Crippen LogP contribution in [0, 0.1) is 0 Å². The first-order valence-corrected chi connectivity index (χ1v) is 5.43. The Morgan fingerprint density at radius 1 is 1.50 bits per heavy atom. The van der Waals surface area contributed by atoms with Crippen LogP contribution < -0.4 is 5.32 Å². The number of hydrogen-bond acceptors (Lipinski definition) is 3. The second-order valence-corrected chi connectivity index (χ2v) is 4.20. The van der Waals surface area contributed by atoms with Gasteiger partial charge in [0, 0.05) is 49.7 Å². The van der Waals surface area contributed by atoms with Crippen LogP contribution in [0.5, 0.6) is 0 Å². The summed E-state index contributed by atoms with van der Waals surface area (Å²) in [6.45, 7) is 2.26. The van der Waals surface area contributed by atoms with Crippen LogP contribution in [-0.4, -0.2) is 37.0 Å². The summed E-state index contributed by atoms with van der Waals surface area (Å²) in [6.07, 6.45) is 1.34. The van der Waals surface area contributed by atoms with Gasteiger partial charge < -0.3 is 15.2 Å². The lowest BCUT2D eigenvalue weighted by molar-refractivity contribution is -0.0611. The molecular formula is C9H15Cl2NO2. The summed E-state index contributed by atoms with van der Waals surface area (Å²) in [6, 6.07) is 0. The fraction of sp³-hybridized carbons (Fsp3) is 0.778. The van der Waals surface area contributed by atoms with Crippen molar-refractivity contribution in [3.8, 4) is 0 Å². The molecule has 1 rings (SSSR count). The van der Waals surface area contributed by atoms with E-state index in [2.05, 4.69) is 5.32 Å². The first-order chi connectivity index (χ1) is 6.66. The number of rotatable bonds is 4. The molecule has 3 nitrogen and oxygen atoms in total. The topological polar surface area (TPSA) is 41.5 Å². The predicted octanol–water partition coefficient (Wildman–Crippen LogP) is 1.44. The highest BCUT2D eigenvalue weighted by atomic mass is 35.5. The molecule has 0 atom stereocenters. The molecule has 0 aromatic rings. The van der Waals surface area contributed by atoms with Gasteiger partial charge >= 0.3 is 0 Å². The molecule has 82 valence electrons. The average Bonchev–Trinajstić information content (AvgIpc) is 2.18. The third kappa shape index (κ3) is 4.15. The average molecular weight is 240 g/mol. The van der Waals surface area contributed by atoms with E-state index in [-0.39, 0.29) is 0 Å². The van der Waals surface area contributed by atoms with Crippen LogP contribution in [0.25, 0.3) is 0 Å². The summed E-state index contributed by atoms with van der Waals surface area (Å²) in [7, 11) is 0. The highest BCUT2D eigenvalue weighted by Crippen LogP contribution is 2.19. The van der Waals surface area contributed by atoms with Crippen molar-refractivity contribution in [2.24, 2.45) is 0 Å². The lowest BCUT2D eigenvalue weighted by atomic mass is 9.94. The zero-order valence-corrected chi connectivity index (χ0v) is 9.44. The number of aliphatic hydroxyl groups is 1. The van der Waals surface area contributed by atoms with Gasteiger partial charge in [0.1, 0.15) is 0 Å². The molecule has 14 heavy (non-hydrogen) atoms. The van der Waals surface area contributed by atoms with Crippen molar-refractivity contribution < 1.29 is 9.84 Å². The molecule has 2 N–H and O–H groups in total. The monoisotopic (exact) mass is 239 g/mol. The van der Waals surface area contributed by atoms with Crippen molar-refractivity contribution in [1.82, 2.24) is 5.32 Å². The molecule has 0 bridgehead atoms. The van der Waals surface area contributed by atoms with Gasteiger partial charge in [-0.05, 0) is 0 Å². The summed E-state index contributed by atoms with van der Waals surface area (Å²) in [5.41, 5.74) is 0.671. The minimum Gasteiger partial charge on any atom is -0.388 e. The van der Waals surface area contributed by atoms with E-state index in [0.29, 0.717) is 44.2 Å². The van der Waals surface area contributed by atoms with E-state index in [1.54, 1.807) is 0 Å². The molecule has 0 saturated carbocycles. The summed E-state index contributed by atoms with van der Waals surface area (Å²) >= 11 is 11.1. The molecule has 0 aromatic heterocycles. The Kier molecular flexibility index (Phi) is 5.20. The van der Waals surface area contributed by atoms with Crippen LogP contribution in [0.1, 0.15) is 12.8 Å². The quantitative estimate of drug-likeness (QED) is 0.781. The SMILES string of the molecule is OC1(CNCC(Cl)=CCl)CCOCC1. The molecule has 0 aromatic carbocycles. The zero-order valence-electron chi connectivity index (χ0n) is 7.93. The first-order valence-electron chi connectivity index (χ1n) is 4.62. The number of halogens is 2. The summed E-state index contributed by atoms with van der Waals surface area (Å²) in [5.74, 6) is 0. The van der Waals surface area contributed by atoms with Gasteiger partial charge in [-0.15, -0.1) is 0 Å². The summed E-state index contributed by atoms with van der Waals surface area (Å²) < 4.78 is 5.17. The van der Waals surface area contributed by atoms with Gasteiger partial charge in [-0.25, -0.2) is 0 Å². The van der Waals surface area contributed by atoms with Crippen molar-refractivity contribution in [3.05, 3.63) is 10.6 Å². The normalized spacial score (nSPS) is 22.4. The van der Waals surface area contributed by atoms with E-state index in [1.807, 2.05) is 0 Å².